The molecule has 0 spiro atoms. The van der Waals surface area contributed by atoms with Crippen molar-refractivity contribution in [2.75, 3.05) is 31.8 Å². The SMILES string of the molecule is CCC(O)CCNC(=O)CSCCOC. The minimum atomic E-state index is -0.300. The zero-order valence-electron chi connectivity index (χ0n) is 9.49. The monoisotopic (exact) mass is 235 g/mol. The van der Waals surface area contributed by atoms with Crippen LogP contribution in [0.15, 0.2) is 0 Å². The van der Waals surface area contributed by atoms with Crippen LogP contribution < -0.4 is 5.32 Å². The molecular formula is C10H21NO3S. The van der Waals surface area contributed by atoms with Crippen molar-refractivity contribution in [3.63, 3.8) is 0 Å². The van der Waals surface area contributed by atoms with Crippen LogP contribution >= 0.6 is 11.8 Å². The molecule has 0 saturated carbocycles. The number of hydrogen-bond donors (Lipinski definition) is 2. The van der Waals surface area contributed by atoms with Crippen LogP contribution in [0.4, 0.5) is 0 Å². The number of nitrogens with one attached hydrogen (secondary N) is 1. The molecule has 0 bridgehead atoms. The maximum atomic E-state index is 11.2. The van der Waals surface area contributed by atoms with Gasteiger partial charge in [0.15, 0.2) is 0 Å². The molecule has 0 aliphatic rings. The number of thioether (sulfide) groups is 1. The third kappa shape index (κ3) is 10.0. The fraction of sp³-hybridized carbons (Fsp3) is 0.900. The molecule has 0 rings (SSSR count). The van der Waals surface area contributed by atoms with Crippen LogP contribution in [0.2, 0.25) is 0 Å². The molecule has 0 saturated heterocycles. The molecule has 0 heterocycles. The fourth-order valence-corrected chi connectivity index (χ4v) is 1.66. The number of methoxy groups -OCH3 is 1. The van der Waals surface area contributed by atoms with Crippen LogP contribution in [-0.2, 0) is 9.53 Å². The Morgan fingerprint density at radius 1 is 1.60 bits per heavy atom. The second kappa shape index (κ2) is 10.3. The summed E-state index contributed by atoms with van der Waals surface area (Å²) in [6.45, 7) is 3.15. The molecule has 0 fully saturated rings. The highest BCUT2D eigenvalue weighted by atomic mass is 32.2. The Hall–Kier alpha value is -0.260. The Kier molecular flexibility index (Phi) is 10.1. The first-order chi connectivity index (χ1) is 7.20. The summed E-state index contributed by atoms with van der Waals surface area (Å²) in [4.78, 5) is 11.2. The van der Waals surface area contributed by atoms with E-state index >= 15 is 0 Å². The first-order valence-corrected chi connectivity index (χ1v) is 6.37. The van der Waals surface area contributed by atoms with Crippen LogP contribution in [0.1, 0.15) is 19.8 Å². The summed E-state index contributed by atoms with van der Waals surface area (Å²) in [5.41, 5.74) is 0. The molecule has 0 aliphatic heterocycles. The molecule has 90 valence electrons. The summed E-state index contributed by atoms with van der Waals surface area (Å²) in [7, 11) is 1.65. The van der Waals surface area contributed by atoms with E-state index in [0.29, 0.717) is 25.3 Å². The molecule has 0 aromatic rings. The Morgan fingerprint density at radius 2 is 2.33 bits per heavy atom. The van der Waals surface area contributed by atoms with E-state index in [1.165, 1.54) is 0 Å². The average molecular weight is 235 g/mol. The molecule has 0 radical (unpaired) electrons. The normalized spacial score (nSPS) is 12.5. The zero-order valence-corrected chi connectivity index (χ0v) is 10.3. The lowest BCUT2D eigenvalue weighted by Crippen LogP contribution is -2.28. The molecule has 0 aromatic heterocycles. The van der Waals surface area contributed by atoms with Crippen molar-refractivity contribution in [3.8, 4) is 0 Å². The maximum absolute atomic E-state index is 11.2. The molecule has 1 atom stereocenters. The van der Waals surface area contributed by atoms with Crippen LogP contribution in [0.5, 0.6) is 0 Å². The third-order valence-corrected chi connectivity index (χ3v) is 2.86. The number of carbonyl (C=O) groups is 1. The molecule has 4 nitrogen and oxygen atoms in total. The van der Waals surface area contributed by atoms with E-state index < -0.39 is 0 Å². The first-order valence-electron chi connectivity index (χ1n) is 5.22. The second-order valence-electron chi connectivity index (χ2n) is 3.25. The standard InChI is InChI=1S/C10H21NO3S/c1-3-9(12)4-5-11-10(13)8-15-7-6-14-2/h9,12H,3-8H2,1-2H3,(H,11,13). The summed E-state index contributed by atoms with van der Waals surface area (Å²) in [6.07, 6.45) is 1.06. The number of carbonyl (C=O) groups excluding carboxylic acids is 1. The van der Waals surface area contributed by atoms with E-state index in [9.17, 15) is 9.90 Å². The van der Waals surface area contributed by atoms with Gasteiger partial charge >= 0.3 is 0 Å². The number of ether oxygens (including phenoxy) is 1. The van der Waals surface area contributed by atoms with Gasteiger partial charge in [0.1, 0.15) is 0 Å². The largest absolute Gasteiger partial charge is 0.393 e. The van der Waals surface area contributed by atoms with Gasteiger partial charge in [0.25, 0.3) is 0 Å². The molecule has 0 aliphatic carbocycles. The fourth-order valence-electron chi connectivity index (χ4n) is 0.940. The van der Waals surface area contributed by atoms with Gasteiger partial charge in [-0.3, -0.25) is 4.79 Å². The summed E-state index contributed by atoms with van der Waals surface area (Å²) in [6, 6.07) is 0. The van der Waals surface area contributed by atoms with E-state index in [1.54, 1.807) is 18.9 Å². The van der Waals surface area contributed by atoms with Crippen molar-refractivity contribution in [1.82, 2.24) is 5.32 Å². The zero-order chi connectivity index (χ0) is 11.5. The van der Waals surface area contributed by atoms with Gasteiger partial charge in [-0.2, -0.15) is 0 Å². The molecule has 2 N–H and O–H groups in total. The van der Waals surface area contributed by atoms with Crippen LogP contribution in [0.3, 0.4) is 0 Å². The Bertz CT molecular complexity index is 167. The van der Waals surface area contributed by atoms with Gasteiger partial charge < -0.3 is 15.2 Å². The number of aliphatic hydroxyl groups excluding tert-OH is 1. The smallest absolute Gasteiger partial charge is 0.229 e. The van der Waals surface area contributed by atoms with E-state index in [0.717, 1.165) is 12.2 Å². The lowest BCUT2D eigenvalue weighted by atomic mass is 10.2. The van der Waals surface area contributed by atoms with Crippen LogP contribution in [0, 0.1) is 0 Å². The third-order valence-electron chi connectivity index (χ3n) is 1.94. The summed E-state index contributed by atoms with van der Waals surface area (Å²) in [5.74, 6) is 1.33. The molecule has 5 heteroatoms. The van der Waals surface area contributed by atoms with Crippen molar-refractivity contribution >= 4 is 17.7 Å². The van der Waals surface area contributed by atoms with E-state index in [4.69, 9.17) is 4.74 Å². The van der Waals surface area contributed by atoms with E-state index in [2.05, 4.69) is 5.32 Å². The molecule has 1 unspecified atom stereocenters. The number of amides is 1. The number of rotatable bonds is 9. The minimum Gasteiger partial charge on any atom is -0.393 e. The van der Waals surface area contributed by atoms with Gasteiger partial charge in [0, 0.05) is 19.4 Å². The van der Waals surface area contributed by atoms with E-state index in [-0.39, 0.29) is 12.0 Å². The summed E-state index contributed by atoms with van der Waals surface area (Å²) in [5, 5.41) is 12.0. The summed E-state index contributed by atoms with van der Waals surface area (Å²) < 4.78 is 4.87. The highest BCUT2D eigenvalue weighted by Crippen LogP contribution is 1.99. The first kappa shape index (κ1) is 14.7. The highest BCUT2D eigenvalue weighted by molar-refractivity contribution is 7.99. The molecular weight excluding hydrogens is 214 g/mol. The van der Waals surface area contributed by atoms with Gasteiger partial charge in [-0.15, -0.1) is 11.8 Å². The quantitative estimate of drug-likeness (QED) is 0.576. The molecule has 15 heavy (non-hydrogen) atoms. The van der Waals surface area contributed by atoms with Crippen molar-refractivity contribution in [3.05, 3.63) is 0 Å². The van der Waals surface area contributed by atoms with Crippen molar-refractivity contribution in [1.29, 1.82) is 0 Å². The van der Waals surface area contributed by atoms with Crippen molar-refractivity contribution in [2.45, 2.75) is 25.9 Å². The average Bonchev–Trinajstić information content (AvgIpc) is 2.24. The Morgan fingerprint density at radius 3 is 2.93 bits per heavy atom. The van der Waals surface area contributed by atoms with Crippen molar-refractivity contribution in [2.24, 2.45) is 0 Å². The van der Waals surface area contributed by atoms with Gasteiger partial charge in [0.2, 0.25) is 5.91 Å². The Labute approximate surface area is 95.8 Å². The van der Waals surface area contributed by atoms with Crippen molar-refractivity contribution < 1.29 is 14.6 Å². The second-order valence-corrected chi connectivity index (χ2v) is 4.35. The Balaban J connectivity index is 3.26. The summed E-state index contributed by atoms with van der Waals surface area (Å²) >= 11 is 1.55. The molecule has 0 aromatic carbocycles. The van der Waals surface area contributed by atoms with Gasteiger partial charge in [0.05, 0.1) is 18.5 Å². The highest BCUT2D eigenvalue weighted by Gasteiger charge is 2.03. The minimum absolute atomic E-state index is 0.0272. The van der Waals surface area contributed by atoms with Gasteiger partial charge in [-0.25, -0.2) is 0 Å². The number of aliphatic hydroxyl groups is 1. The van der Waals surface area contributed by atoms with E-state index in [1.807, 2.05) is 6.92 Å². The lowest BCUT2D eigenvalue weighted by Gasteiger charge is -2.08. The van der Waals surface area contributed by atoms with Crippen LogP contribution in [0.25, 0.3) is 0 Å². The van der Waals surface area contributed by atoms with Gasteiger partial charge in [-0.1, -0.05) is 6.92 Å². The maximum Gasteiger partial charge on any atom is 0.229 e. The van der Waals surface area contributed by atoms with Gasteiger partial charge in [-0.05, 0) is 12.8 Å². The number of hydrogen-bond acceptors (Lipinski definition) is 4. The lowest BCUT2D eigenvalue weighted by molar-refractivity contribution is -0.118. The molecule has 1 amide bonds. The van der Waals surface area contributed by atoms with Crippen LogP contribution in [-0.4, -0.2) is 48.9 Å². The topological polar surface area (TPSA) is 58.6 Å². The predicted molar refractivity (Wildman–Crippen MR) is 63.1 cm³/mol. The predicted octanol–water partition coefficient (Wildman–Crippen LogP) is 0.643.